The molecule has 0 saturated heterocycles. The summed E-state index contributed by atoms with van der Waals surface area (Å²) in [6.07, 6.45) is 3.17. The Morgan fingerprint density at radius 2 is 2.14 bits per heavy atom. The van der Waals surface area contributed by atoms with Crippen LogP contribution in [-0.2, 0) is 4.79 Å². The number of benzene rings is 1. The molecule has 0 radical (unpaired) electrons. The fraction of sp³-hybridized carbons (Fsp3) is 0.182. The normalized spacial score (nSPS) is 13.1. The lowest BCUT2D eigenvalue weighted by atomic mass is 10.0. The predicted octanol–water partition coefficient (Wildman–Crippen LogP) is 3.87. The smallest absolute Gasteiger partial charge is 0.244 e. The van der Waals surface area contributed by atoms with Crippen LogP contribution in [0.2, 0.25) is 0 Å². The fourth-order valence-electron chi connectivity index (χ4n) is 1.17. The van der Waals surface area contributed by atoms with E-state index in [1.54, 1.807) is 6.08 Å². The van der Waals surface area contributed by atoms with Crippen molar-refractivity contribution < 1.29 is 4.79 Å². The quantitative estimate of drug-likeness (QED) is 0.603. The molecule has 0 aromatic heterocycles. The average Bonchev–Trinajstić information content (AvgIpc) is 2.15. The molecule has 0 aliphatic carbocycles. The number of carbonyl (C=O) groups is 1. The molecule has 14 heavy (non-hydrogen) atoms. The monoisotopic (exact) mass is 272 g/mol. The first-order valence-corrected chi connectivity index (χ1v) is 5.40. The van der Waals surface area contributed by atoms with Crippen molar-refractivity contribution >= 4 is 32.8 Å². The van der Waals surface area contributed by atoms with Gasteiger partial charge in [-0.2, -0.15) is 0 Å². The van der Waals surface area contributed by atoms with Crippen molar-refractivity contribution in [2.24, 2.45) is 0 Å². The van der Waals surface area contributed by atoms with Gasteiger partial charge < -0.3 is 0 Å². The zero-order chi connectivity index (χ0) is 10.6. The van der Waals surface area contributed by atoms with Gasteiger partial charge in [0.05, 0.1) is 0 Å². The third-order valence-electron chi connectivity index (χ3n) is 1.91. The lowest BCUT2D eigenvalue weighted by Crippen LogP contribution is -1.91. The van der Waals surface area contributed by atoms with E-state index in [9.17, 15) is 4.79 Å². The van der Waals surface area contributed by atoms with Crippen molar-refractivity contribution in [1.29, 1.82) is 0 Å². The maximum absolute atomic E-state index is 10.5. The molecule has 0 fully saturated rings. The van der Waals surface area contributed by atoms with E-state index in [1.165, 1.54) is 6.08 Å². The molecule has 0 amide bonds. The summed E-state index contributed by atoms with van der Waals surface area (Å²) in [6.45, 7) is 2.01. The van der Waals surface area contributed by atoms with Gasteiger partial charge in [-0.05, 0) is 29.3 Å². The molecule has 1 nitrogen and oxygen atoms in total. The van der Waals surface area contributed by atoms with Crippen LogP contribution in [0.15, 0.2) is 40.9 Å². The van der Waals surface area contributed by atoms with E-state index in [-0.39, 0.29) is 5.92 Å². The molecule has 0 saturated carbocycles. The molecule has 0 aliphatic heterocycles. The first kappa shape index (κ1) is 11.5. The summed E-state index contributed by atoms with van der Waals surface area (Å²) in [5.74, 6) is 0.174. The minimum atomic E-state index is -0.441. The van der Waals surface area contributed by atoms with Crippen molar-refractivity contribution in [2.45, 2.75) is 12.8 Å². The first-order chi connectivity index (χ1) is 6.61. The van der Waals surface area contributed by atoms with E-state index in [0.717, 1.165) is 10.0 Å². The third kappa shape index (κ3) is 3.28. The predicted molar refractivity (Wildman–Crippen MR) is 62.6 cm³/mol. The van der Waals surface area contributed by atoms with Crippen LogP contribution < -0.4 is 0 Å². The lowest BCUT2D eigenvalue weighted by Gasteiger charge is -2.08. The number of rotatable bonds is 3. The molecule has 1 unspecified atom stereocenters. The number of allylic oxidation sites excluding steroid dienone is 2. The van der Waals surface area contributed by atoms with Gasteiger partial charge in [-0.1, -0.05) is 47.1 Å². The second-order valence-corrected chi connectivity index (χ2v) is 4.20. The molecule has 1 rings (SSSR count). The van der Waals surface area contributed by atoms with Gasteiger partial charge in [0.15, 0.2) is 0 Å². The molecule has 0 spiro atoms. The van der Waals surface area contributed by atoms with Crippen LogP contribution in [-0.4, -0.2) is 5.24 Å². The third-order valence-corrected chi connectivity index (χ3v) is 2.76. The summed E-state index contributed by atoms with van der Waals surface area (Å²) in [5.41, 5.74) is 1.14. The zero-order valence-electron chi connectivity index (χ0n) is 7.71. The Morgan fingerprint density at radius 3 is 2.71 bits per heavy atom. The molecule has 3 heteroatoms. The Balaban J connectivity index is 2.84. The summed E-state index contributed by atoms with van der Waals surface area (Å²) in [4.78, 5) is 10.5. The van der Waals surface area contributed by atoms with Gasteiger partial charge >= 0.3 is 0 Å². The van der Waals surface area contributed by atoms with E-state index in [1.807, 2.05) is 31.2 Å². The topological polar surface area (TPSA) is 17.1 Å². The summed E-state index contributed by atoms with van der Waals surface area (Å²) in [6, 6.07) is 7.91. The van der Waals surface area contributed by atoms with Crippen LogP contribution in [0.5, 0.6) is 0 Å². The largest absolute Gasteiger partial charge is 0.276 e. The Kier molecular flexibility index (Phi) is 4.36. The second-order valence-electron chi connectivity index (χ2n) is 2.97. The van der Waals surface area contributed by atoms with E-state index in [4.69, 9.17) is 11.6 Å². The first-order valence-electron chi connectivity index (χ1n) is 4.23. The van der Waals surface area contributed by atoms with E-state index in [2.05, 4.69) is 15.9 Å². The Bertz CT molecular complexity index is 360. The van der Waals surface area contributed by atoms with Gasteiger partial charge in [0.1, 0.15) is 0 Å². The van der Waals surface area contributed by atoms with E-state index in [0.29, 0.717) is 0 Å². The summed E-state index contributed by atoms with van der Waals surface area (Å²) in [5, 5.41) is -0.441. The molecule has 0 aliphatic rings. The standard InChI is InChI=1S/C11H10BrClO/c1-8(6-7-11(13)14)9-4-2-3-5-10(9)12/h2-8H,1H3. The molecule has 1 aromatic rings. The van der Waals surface area contributed by atoms with Gasteiger partial charge in [-0.15, -0.1) is 0 Å². The summed E-state index contributed by atoms with van der Waals surface area (Å²) >= 11 is 8.66. The SMILES string of the molecule is CC(C=CC(=O)Cl)c1ccccc1Br. The highest BCUT2D eigenvalue weighted by Gasteiger charge is 2.04. The maximum atomic E-state index is 10.5. The number of hydrogen-bond donors (Lipinski definition) is 0. The van der Waals surface area contributed by atoms with Crippen LogP contribution in [0.25, 0.3) is 0 Å². The molecule has 74 valence electrons. The summed E-state index contributed by atoms with van der Waals surface area (Å²) in [7, 11) is 0. The van der Waals surface area contributed by atoms with Gasteiger partial charge in [0, 0.05) is 10.4 Å². The molecule has 1 atom stereocenters. The molecule has 0 bridgehead atoms. The highest BCUT2D eigenvalue weighted by atomic mass is 79.9. The molecular formula is C11H10BrClO. The minimum Gasteiger partial charge on any atom is -0.276 e. The van der Waals surface area contributed by atoms with Gasteiger partial charge in [-0.25, -0.2) is 0 Å². The van der Waals surface area contributed by atoms with Crippen LogP contribution >= 0.6 is 27.5 Å². The van der Waals surface area contributed by atoms with E-state index < -0.39 is 5.24 Å². The highest BCUT2D eigenvalue weighted by molar-refractivity contribution is 9.10. The average molecular weight is 274 g/mol. The number of halogens is 2. The number of carbonyl (C=O) groups excluding carboxylic acids is 1. The Labute approximate surface area is 96.9 Å². The number of hydrogen-bond acceptors (Lipinski definition) is 1. The van der Waals surface area contributed by atoms with Crippen LogP contribution in [0.3, 0.4) is 0 Å². The molecule has 1 aromatic carbocycles. The van der Waals surface area contributed by atoms with Crippen LogP contribution in [0, 0.1) is 0 Å². The lowest BCUT2D eigenvalue weighted by molar-refractivity contribution is -0.107. The van der Waals surface area contributed by atoms with E-state index >= 15 is 0 Å². The van der Waals surface area contributed by atoms with Gasteiger partial charge in [0.25, 0.3) is 0 Å². The van der Waals surface area contributed by atoms with Crippen molar-refractivity contribution in [3.05, 3.63) is 46.5 Å². The highest BCUT2D eigenvalue weighted by Crippen LogP contribution is 2.25. The van der Waals surface area contributed by atoms with Crippen molar-refractivity contribution in [2.75, 3.05) is 0 Å². The zero-order valence-corrected chi connectivity index (χ0v) is 10.0. The van der Waals surface area contributed by atoms with Gasteiger partial charge in [-0.3, -0.25) is 4.79 Å². The van der Waals surface area contributed by atoms with Crippen molar-refractivity contribution in [3.8, 4) is 0 Å². The van der Waals surface area contributed by atoms with Crippen molar-refractivity contribution in [1.82, 2.24) is 0 Å². The van der Waals surface area contributed by atoms with Crippen molar-refractivity contribution in [3.63, 3.8) is 0 Å². The van der Waals surface area contributed by atoms with Crippen LogP contribution in [0.4, 0.5) is 0 Å². The fourth-order valence-corrected chi connectivity index (χ4v) is 1.89. The maximum Gasteiger partial charge on any atom is 0.244 e. The summed E-state index contributed by atoms with van der Waals surface area (Å²) < 4.78 is 1.04. The second kappa shape index (κ2) is 5.32. The Morgan fingerprint density at radius 1 is 1.50 bits per heavy atom. The minimum absolute atomic E-state index is 0.174. The molecular weight excluding hydrogens is 263 g/mol. The van der Waals surface area contributed by atoms with Crippen LogP contribution in [0.1, 0.15) is 18.4 Å². The van der Waals surface area contributed by atoms with Gasteiger partial charge in [0.2, 0.25) is 5.24 Å². The molecule has 0 N–H and O–H groups in total. The Hall–Kier alpha value is -0.600. The molecule has 0 heterocycles.